The lowest BCUT2D eigenvalue weighted by molar-refractivity contribution is 0.104. The van der Waals surface area contributed by atoms with E-state index in [1.54, 1.807) is 24.3 Å². The molecule has 0 unspecified atom stereocenters. The molecule has 0 amide bonds. The number of nitrogens with zero attached hydrogens (tertiary/aromatic N) is 1. The second-order valence-electron chi connectivity index (χ2n) is 4.06. The molecule has 0 atom stereocenters. The van der Waals surface area contributed by atoms with Gasteiger partial charge in [0.05, 0.1) is 17.2 Å². The molecule has 0 aliphatic rings. The number of hydrogen-bond donors (Lipinski definition) is 0. The quantitative estimate of drug-likeness (QED) is 0.629. The first kappa shape index (κ1) is 13.6. The first-order valence-corrected chi connectivity index (χ1v) is 5.78. The first-order chi connectivity index (χ1) is 9.60. The fraction of sp³-hybridized carbons (Fsp3) is 0. The van der Waals surface area contributed by atoms with Crippen molar-refractivity contribution in [2.45, 2.75) is 0 Å². The Labute approximate surface area is 114 Å². The minimum absolute atomic E-state index is 0.310. The molecule has 0 spiro atoms. The summed E-state index contributed by atoms with van der Waals surface area (Å²) in [5.41, 5.74) is 0.883. The fourth-order valence-electron chi connectivity index (χ4n) is 1.62. The van der Waals surface area contributed by atoms with Crippen LogP contribution in [0.1, 0.15) is 21.5 Å². The summed E-state index contributed by atoms with van der Waals surface area (Å²) in [5, 5.41) is 8.65. The van der Waals surface area contributed by atoms with Gasteiger partial charge in [-0.1, -0.05) is 18.2 Å². The number of carbonyl (C=O) groups is 1. The van der Waals surface area contributed by atoms with Gasteiger partial charge in [-0.2, -0.15) is 5.26 Å². The molecule has 0 fully saturated rings. The molecule has 2 aromatic carbocycles. The van der Waals surface area contributed by atoms with Crippen LogP contribution < -0.4 is 0 Å². The highest BCUT2D eigenvalue weighted by Gasteiger charge is 2.09. The van der Waals surface area contributed by atoms with E-state index in [0.717, 1.165) is 18.2 Å². The van der Waals surface area contributed by atoms with Gasteiger partial charge < -0.3 is 0 Å². The molecule has 0 saturated heterocycles. The fourth-order valence-corrected chi connectivity index (χ4v) is 1.62. The summed E-state index contributed by atoms with van der Waals surface area (Å²) >= 11 is 0. The molecule has 20 heavy (non-hydrogen) atoms. The smallest absolute Gasteiger partial charge is 0.188 e. The number of benzene rings is 2. The third kappa shape index (κ3) is 3.15. The lowest BCUT2D eigenvalue weighted by Crippen LogP contribution is -1.99. The molecule has 0 aliphatic heterocycles. The lowest BCUT2D eigenvalue weighted by Gasteiger charge is -1.99. The summed E-state index contributed by atoms with van der Waals surface area (Å²) in [4.78, 5) is 11.8. The molecule has 0 aromatic heterocycles. The maximum absolute atomic E-state index is 13.4. The van der Waals surface area contributed by atoms with Gasteiger partial charge in [0.15, 0.2) is 5.78 Å². The molecule has 2 nitrogen and oxygen atoms in total. The van der Waals surface area contributed by atoms with Gasteiger partial charge in [0.25, 0.3) is 0 Å². The molecule has 0 N–H and O–H groups in total. The highest BCUT2D eigenvalue weighted by molar-refractivity contribution is 6.07. The second-order valence-corrected chi connectivity index (χ2v) is 4.06. The largest absolute Gasteiger partial charge is 0.289 e. The van der Waals surface area contributed by atoms with Gasteiger partial charge in [0.1, 0.15) is 11.6 Å². The van der Waals surface area contributed by atoms with Crippen LogP contribution in [0.4, 0.5) is 8.78 Å². The molecule has 2 aromatic rings. The van der Waals surface area contributed by atoms with Gasteiger partial charge in [-0.3, -0.25) is 4.79 Å². The number of rotatable bonds is 3. The lowest BCUT2D eigenvalue weighted by atomic mass is 10.1. The molecule has 0 heterocycles. The zero-order valence-corrected chi connectivity index (χ0v) is 10.3. The van der Waals surface area contributed by atoms with Crippen molar-refractivity contribution in [3.63, 3.8) is 0 Å². The van der Waals surface area contributed by atoms with Crippen molar-refractivity contribution in [1.82, 2.24) is 0 Å². The van der Waals surface area contributed by atoms with Crippen LogP contribution in [-0.2, 0) is 0 Å². The summed E-state index contributed by atoms with van der Waals surface area (Å²) in [6, 6.07) is 11.2. The summed E-state index contributed by atoms with van der Waals surface area (Å²) in [6.07, 6.45) is 2.65. The van der Waals surface area contributed by atoms with Crippen LogP contribution in [0, 0.1) is 23.0 Å². The van der Waals surface area contributed by atoms with Crippen LogP contribution in [0.2, 0.25) is 0 Å². The summed E-state index contributed by atoms with van der Waals surface area (Å²) < 4.78 is 26.4. The third-order valence-corrected chi connectivity index (χ3v) is 2.66. The van der Waals surface area contributed by atoms with Crippen LogP contribution >= 0.6 is 0 Å². The van der Waals surface area contributed by atoms with E-state index in [0.29, 0.717) is 11.1 Å². The number of hydrogen-bond acceptors (Lipinski definition) is 2. The highest BCUT2D eigenvalue weighted by atomic mass is 19.1. The van der Waals surface area contributed by atoms with Crippen molar-refractivity contribution in [2.24, 2.45) is 0 Å². The topological polar surface area (TPSA) is 40.9 Å². The van der Waals surface area contributed by atoms with Gasteiger partial charge in [-0.15, -0.1) is 0 Å². The Balaban J connectivity index is 2.20. The maximum Gasteiger partial charge on any atom is 0.188 e. The zero-order chi connectivity index (χ0) is 14.5. The van der Waals surface area contributed by atoms with Crippen molar-refractivity contribution in [3.8, 4) is 6.07 Å². The molecule has 0 aliphatic carbocycles. The molecule has 0 bridgehead atoms. The van der Waals surface area contributed by atoms with Crippen molar-refractivity contribution in [2.75, 3.05) is 0 Å². The summed E-state index contributed by atoms with van der Waals surface area (Å²) in [7, 11) is 0. The van der Waals surface area contributed by atoms with E-state index in [2.05, 4.69) is 0 Å². The Morgan fingerprint density at radius 3 is 2.45 bits per heavy atom. The Morgan fingerprint density at radius 1 is 1.10 bits per heavy atom. The molecule has 0 saturated carbocycles. The molecule has 2 rings (SSSR count). The van der Waals surface area contributed by atoms with Crippen LogP contribution in [0.5, 0.6) is 0 Å². The summed E-state index contributed by atoms with van der Waals surface area (Å²) in [5.74, 6) is -2.05. The van der Waals surface area contributed by atoms with Crippen LogP contribution in [-0.4, -0.2) is 5.78 Å². The monoisotopic (exact) mass is 269 g/mol. The molecule has 98 valence electrons. The predicted octanol–water partition coefficient (Wildman–Crippen LogP) is 3.73. The van der Waals surface area contributed by atoms with Crippen LogP contribution in [0.25, 0.3) is 6.08 Å². The van der Waals surface area contributed by atoms with Crippen LogP contribution in [0.3, 0.4) is 0 Å². The molecular weight excluding hydrogens is 260 g/mol. The van der Waals surface area contributed by atoms with E-state index in [1.165, 1.54) is 12.2 Å². The van der Waals surface area contributed by atoms with Gasteiger partial charge in [-0.25, -0.2) is 8.78 Å². The SMILES string of the molecule is N#Cc1ccc(/C=C/C(=O)c2cc(F)ccc2F)cc1. The van der Waals surface area contributed by atoms with E-state index in [4.69, 9.17) is 5.26 Å². The maximum atomic E-state index is 13.4. The van der Waals surface area contributed by atoms with Crippen LogP contribution in [0.15, 0.2) is 48.5 Å². The zero-order valence-electron chi connectivity index (χ0n) is 10.3. The molecule has 0 radical (unpaired) electrons. The van der Waals surface area contributed by atoms with E-state index in [9.17, 15) is 13.6 Å². The number of ketones is 1. The van der Waals surface area contributed by atoms with Gasteiger partial charge >= 0.3 is 0 Å². The standard InChI is InChI=1S/C16H9F2NO/c17-13-6-7-15(18)14(9-13)16(20)8-5-11-1-3-12(10-19)4-2-11/h1-9H/b8-5+. The van der Waals surface area contributed by atoms with Crippen molar-refractivity contribution in [3.05, 3.63) is 76.9 Å². The predicted molar refractivity (Wildman–Crippen MR) is 70.9 cm³/mol. The number of carbonyl (C=O) groups excluding carboxylic acids is 1. The minimum Gasteiger partial charge on any atom is -0.289 e. The first-order valence-electron chi connectivity index (χ1n) is 5.78. The Kier molecular flexibility index (Phi) is 4.02. The van der Waals surface area contributed by atoms with Crippen molar-refractivity contribution >= 4 is 11.9 Å². The van der Waals surface area contributed by atoms with E-state index < -0.39 is 17.4 Å². The Morgan fingerprint density at radius 2 is 1.80 bits per heavy atom. The van der Waals surface area contributed by atoms with Crippen molar-refractivity contribution in [1.29, 1.82) is 5.26 Å². The second kappa shape index (κ2) is 5.89. The number of nitriles is 1. The van der Waals surface area contributed by atoms with Gasteiger partial charge in [0.2, 0.25) is 0 Å². The minimum atomic E-state index is -0.763. The number of allylic oxidation sites excluding steroid dienone is 1. The highest BCUT2D eigenvalue weighted by Crippen LogP contribution is 2.12. The van der Waals surface area contributed by atoms with E-state index >= 15 is 0 Å². The Hall–Kier alpha value is -2.80. The van der Waals surface area contributed by atoms with E-state index in [-0.39, 0.29) is 5.56 Å². The molecular formula is C16H9F2NO. The van der Waals surface area contributed by atoms with Gasteiger partial charge in [0, 0.05) is 0 Å². The third-order valence-electron chi connectivity index (χ3n) is 2.66. The van der Waals surface area contributed by atoms with E-state index in [1.807, 2.05) is 6.07 Å². The molecule has 4 heteroatoms. The van der Waals surface area contributed by atoms with Crippen molar-refractivity contribution < 1.29 is 13.6 Å². The average Bonchev–Trinajstić information content (AvgIpc) is 2.47. The Bertz CT molecular complexity index is 712. The normalized spacial score (nSPS) is 10.4. The van der Waals surface area contributed by atoms with Gasteiger partial charge in [-0.05, 0) is 42.0 Å². The number of halogens is 2. The average molecular weight is 269 g/mol. The summed E-state index contributed by atoms with van der Waals surface area (Å²) in [6.45, 7) is 0.